The van der Waals surface area contributed by atoms with Gasteiger partial charge in [-0.25, -0.2) is 0 Å². The topological polar surface area (TPSA) is 55.8 Å². The maximum Gasteiger partial charge on any atom is 0.312 e. The summed E-state index contributed by atoms with van der Waals surface area (Å²) < 4.78 is 11.5. The van der Waals surface area contributed by atoms with Gasteiger partial charge in [0.15, 0.2) is 0 Å². The van der Waals surface area contributed by atoms with Crippen molar-refractivity contribution in [3.05, 3.63) is 60.2 Å². The van der Waals surface area contributed by atoms with E-state index in [1.54, 1.807) is 0 Å². The Morgan fingerprint density at radius 2 is 1.42 bits per heavy atom. The number of halogens is 1. The molecule has 0 bridgehead atoms. The number of likely N-dealkylation sites (N-methyl/N-ethyl adjacent to an activating group) is 1. The molecule has 0 N–H and O–H groups in total. The fourth-order valence-corrected chi connectivity index (χ4v) is 5.28. The molecule has 5 nitrogen and oxygen atoms in total. The van der Waals surface area contributed by atoms with Crippen LogP contribution in [0.2, 0.25) is 0 Å². The van der Waals surface area contributed by atoms with Crippen LogP contribution < -0.4 is 12.4 Å². The van der Waals surface area contributed by atoms with Crippen molar-refractivity contribution < 1.29 is 31.5 Å². The van der Waals surface area contributed by atoms with Crippen molar-refractivity contribution in [3.8, 4) is 0 Å². The van der Waals surface area contributed by atoms with Crippen molar-refractivity contribution in [1.82, 2.24) is 4.90 Å². The zero-order valence-electron chi connectivity index (χ0n) is 23.4. The number of carbonyl (C=O) groups is 2. The molecule has 38 heavy (non-hydrogen) atoms. The van der Waals surface area contributed by atoms with Gasteiger partial charge in [0.05, 0.1) is 10.8 Å². The van der Waals surface area contributed by atoms with Gasteiger partial charge in [-0.3, -0.25) is 9.59 Å². The van der Waals surface area contributed by atoms with Crippen LogP contribution in [0, 0.1) is 10.8 Å². The summed E-state index contributed by atoms with van der Waals surface area (Å²) in [6.07, 6.45) is 0.926. The molecule has 0 aromatic heterocycles. The average molecular weight is 537 g/mol. The molecular weight excluding hydrogens is 498 g/mol. The van der Waals surface area contributed by atoms with Crippen LogP contribution in [0.25, 0.3) is 32.3 Å². The minimum absolute atomic E-state index is 0. The van der Waals surface area contributed by atoms with E-state index in [0.717, 1.165) is 17.5 Å². The molecule has 0 heterocycles. The summed E-state index contributed by atoms with van der Waals surface area (Å²) in [7, 11) is 1.99. The predicted octanol–water partition coefficient (Wildman–Crippen LogP) is 3.96. The van der Waals surface area contributed by atoms with E-state index in [4.69, 9.17) is 9.47 Å². The molecule has 0 radical (unpaired) electrons. The van der Waals surface area contributed by atoms with E-state index < -0.39 is 10.8 Å². The van der Waals surface area contributed by atoms with Crippen molar-refractivity contribution in [3.63, 3.8) is 0 Å². The summed E-state index contributed by atoms with van der Waals surface area (Å²) in [5.74, 6) is -0.566. The average Bonchev–Trinajstić information content (AvgIpc) is 2.90. The van der Waals surface area contributed by atoms with Crippen LogP contribution in [-0.2, 0) is 25.7 Å². The van der Waals surface area contributed by atoms with E-state index in [9.17, 15) is 9.59 Å². The Bertz CT molecular complexity index is 1400. The molecule has 6 heteroatoms. The normalized spacial score (nSPS) is 13.6. The van der Waals surface area contributed by atoms with E-state index in [1.165, 1.54) is 26.9 Å². The second kappa shape index (κ2) is 11.9. The van der Waals surface area contributed by atoms with Crippen molar-refractivity contribution in [1.29, 1.82) is 0 Å². The molecule has 4 rings (SSSR count). The number of esters is 2. The van der Waals surface area contributed by atoms with Crippen molar-refractivity contribution >= 4 is 44.3 Å². The van der Waals surface area contributed by atoms with Crippen molar-refractivity contribution in [2.24, 2.45) is 10.8 Å². The highest BCUT2D eigenvalue weighted by molar-refractivity contribution is 6.23. The van der Waals surface area contributed by atoms with Crippen LogP contribution in [0.3, 0.4) is 0 Å². The number of carbonyl (C=O) groups excluding carboxylic acids is 2. The fraction of sp³-hybridized carbons (Fsp3) is 0.438. The lowest BCUT2D eigenvalue weighted by Crippen LogP contribution is -3.00. The quantitative estimate of drug-likeness (QED) is 0.214. The maximum atomic E-state index is 13.4. The summed E-state index contributed by atoms with van der Waals surface area (Å²) in [5, 5.41) is 7.15. The van der Waals surface area contributed by atoms with Gasteiger partial charge in [-0.15, -0.1) is 0 Å². The third-order valence-electron chi connectivity index (χ3n) is 7.88. The largest absolute Gasteiger partial charge is 1.00 e. The van der Waals surface area contributed by atoms with Crippen LogP contribution in [-0.4, -0.2) is 43.6 Å². The third kappa shape index (κ3) is 5.89. The first-order chi connectivity index (χ1) is 17.6. The summed E-state index contributed by atoms with van der Waals surface area (Å²) >= 11 is 0. The minimum atomic E-state index is -0.804. The van der Waals surface area contributed by atoms with Gasteiger partial charge in [-0.2, -0.15) is 0 Å². The highest BCUT2D eigenvalue weighted by Crippen LogP contribution is 2.40. The second-order valence-corrected chi connectivity index (χ2v) is 11.2. The molecule has 0 saturated heterocycles. The molecule has 1 unspecified atom stereocenters. The minimum Gasteiger partial charge on any atom is -1.00 e. The van der Waals surface area contributed by atoms with E-state index >= 15 is 0 Å². The van der Waals surface area contributed by atoms with Crippen molar-refractivity contribution in [2.45, 2.75) is 54.1 Å². The Labute approximate surface area is 232 Å². The molecule has 0 saturated carbocycles. The van der Waals surface area contributed by atoms with Crippen LogP contribution in [0.1, 0.15) is 53.0 Å². The summed E-state index contributed by atoms with van der Waals surface area (Å²) in [6, 6.07) is 19.1. The third-order valence-corrected chi connectivity index (χ3v) is 7.88. The molecule has 204 valence electrons. The molecule has 1 atom stereocenters. The molecule has 4 aromatic carbocycles. The molecule has 0 aliphatic rings. The molecule has 0 fully saturated rings. The fourth-order valence-electron chi connectivity index (χ4n) is 5.28. The first-order valence-electron chi connectivity index (χ1n) is 13.3. The van der Waals surface area contributed by atoms with Gasteiger partial charge in [-0.05, 0) is 85.1 Å². The zero-order valence-corrected chi connectivity index (χ0v) is 24.2. The van der Waals surface area contributed by atoms with Crippen LogP contribution >= 0.6 is 0 Å². The van der Waals surface area contributed by atoms with Crippen molar-refractivity contribution in [2.75, 3.05) is 26.7 Å². The number of hydrogen-bond donors (Lipinski definition) is 0. The smallest absolute Gasteiger partial charge is 0.312 e. The lowest BCUT2D eigenvalue weighted by atomic mass is 9.72. The first kappa shape index (κ1) is 29.7. The Balaban J connectivity index is 0.00000400. The summed E-state index contributed by atoms with van der Waals surface area (Å²) in [4.78, 5) is 28.3. The lowest BCUT2D eigenvalue weighted by molar-refractivity contribution is -0.164. The molecule has 4 aromatic rings. The summed E-state index contributed by atoms with van der Waals surface area (Å²) in [6.45, 7) is 11.7. The van der Waals surface area contributed by atoms with Gasteiger partial charge in [-0.1, -0.05) is 68.4 Å². The summed E-state index contributed by atoms with van der Waals surface area (Å²) in [5.41, 5.74) is -0.620. The molecule has 0 aliphatic heterocycles. The maximum absolute atomic E-state index is 13.4. The standard InChI is InChI=1S/C32H39NO4.ClH/c1-7-32(5,21-31(3,4)29(34)36-19-18-33(6)8-2)30(35)37-20-25-15-14-24-13-12-22-10-9-11-23-16-17-26(25)28(24)27(22)23;/h9-17H,7-8,18-21H2,1-6H3;1H/p-1. The Hall–Kier alpha value is -2.89. The Kier molecular flexibility index (Phi) is 9.27. The SMILES string of the molecule is CCN(C)CCOC(=O)C(C)(C)CC(C)(CC)C(=O)OCc1ccc2ccc3cccc4ccc1c2c34.[Cl-]. The van der Waals surface area contributed by atoms with E-state index in [2.05, 4.69) is 60.4 Å². The molecule has 0 aliphatic carbocycles. The van der Waals surface area contributed by atoms with Crippen LogP contribution in [0.5, 0.6) is 0 Å². The number of hydrogen-bond acceptors (Lipinski definition) is 5. The van der Waals surface area contributed by atoms with Crippen LogP contribution in [0.4, 0.5) is 0 Å². The van der Waals surface area contributed by atoms with E-state index in [0.29, 0.717) is 26.0 Å². The molecule has 0 amide bonds. The second-order valence-electron chi connectivity index (χ2n) is 11.2. The number of ether oxygens (including phenoxy) is 2. The predicted molar refractivity (Wildman–Crippen MR) is 151 cm³/mol. The monoisotopic (exact) mass is 536 g/mol. The van der Waals surface area contributed by atoms with Gasteiger partial charge < -0.3 is 26.8 Å². The van der Waals surface area contributed by atoms with Gasteiger partial charge in [0.1, 0.15) is 13.2 Å². The lowest BCUT2D eigenvalue weighted by Gasteiger charge is -2.33. The molecule has 0 spiro atoms. The number of benzene rings is 4. The highest BCUT2D eigenvalue weighted by Gasteiger charge is 2.43. The highest BCUT2D eigenvalue weighted by atomic mass is 35.5. The first-order valence-corrected chi connectivity index (χ1v) is 13.3. The van der Waals surface area contributed by atoms with Gasteiger partial charge >= 0.3 is 11.9 Å². The number of rotatable bonds is 11. The van der Waals surface area contributed by atoms with E-state index in [-0.39, 0.29) is 31.0 Å². The van der Waals surface area contributed by atoms with Crippen LogP contribution in [0.15, 0.2) is 54.6 Å². The van der Waals surface area contributed by atoms with E-state index in [1.807, 2.05) is 40.8 Å². The number of nitrogens with zero attached hydrogens (tertiary/aromatic N) is 1. The zero-order chi connectivity index (χ0) is 26.8. The Morgan fingerprint density at radius 3 is 2.05 bits per heavy atom. The van der Waals surface area contributed by atoms with Gasteiger partial charge in [0.2, 0.25) is 0 Å². The van der Waals surface area contributed by atoms with Gasteiger partial charge in [0, 0.05) is 6.54 Å². The van der Waals surface area contributed by atoms with Gasteiger partial charge in [0.25, 0.3) is 0 Å². The molecular formula is C32H39ClNO4-. The Morgan fingerprint density at radius 1 is 0.816 bits per heavy atom.